The summed E-state index contributed by atoms with van der Waals surface area (Å²) in [5.74, 6) is 5.30. The van der Waals surface area contributed by atoms with Gasteiger partial charge in [-0.3, -0.25) is 5.43 Å². The zero-order valence-corrected chi connectivity index (χ0v) is 12.2. The molecule has 1 aliphatic rings. The summed E-state index contributed by atoms with van der Waals surface area (Å²) in [6.07, 6.45) is 7.72. The number of hydrazine groups is 1. The number of aromatic nitrogens is 2. The van der Waals surface area contributed by atoms with Crippen LogP contribution in [0.15, 0.2) is 17.3 Å². The molecule has 0 atom stereocenters. The highest BCUT2D eigenvalue weighted by Gasteiger charge is 2.37. The summed E-state index contributed by atoms with van der Waals surface area (Å²) >= 11 is 1.72. The molecule has 19 heavy (non-hydrogen) atoms. The maximum Gasteiger partial charge on any atom is 0.243 e. The Balaban J connectivity index is 2.05. The van der Waals surface area contributed by atoms with Gasteiger partial charge in [-0.25, -0.2) is 29.0 Å². The standard InChI is InChI=1S/C10H17N5O2S2/c1-18-10(3-2-4-10)7-14-19(16,17)8-5-12-9(15-11)13-6-8/h5-6,14H,2-4,7,11H2,1H3,(H,12,13,15). The van der Waals surface area contributed by atoms with Gasteiger partial charge in [-0.15, -0.1) is 0 Å². The van der Waals surface area contributed by atoms with Gasteiger partial charge in [0.2, 0.25) is 16.0 Å². The van der Waals surface area contributed by atoms with Gasteiger partial charge in [-0.05, 0) is 19.1 Å². The zero-order chi connectivity index (χ0) is 13.9. The van der Waals surface area contributed by atoms with Gasteiger partial charge in [-0.1, -0.05) is 6.42 Å². The number of sulfonamides is 1. The number of rotatable bonds is 6. The highest BCUT2D eigenvalue weighted by Crippen LogP contribution is 2.42. The monoisotopic (exact) mass is 303 g/mol. The van der Waals surface area contributed by atoms with E-state index in [1.54, 1.807) is 11.8 Å². The molecule has 106 valence electrons. The number of hydrogen-bond donors (Lipinski definition) is 3. The summed E-state index contributed by atoms with van der Waals surface area (Å²) in [7, 11) is -3.56. The van der Waals surface area contributed by atoms with E-state index in [1.165, 1.54) is 12.4 Å². The van der Waals surface area contributed by atoms with Crippen LogP contribution in [-0.4, -0.2) is 35.9 Å². The first-order valence-electron chi connectivity index (χ1n) is 5.85. The largest absolute Gasteiger partial charge is 0.292 e. The van der Waals surface area contributed by atoms with Crippen molar-refractivity contribution in [3.63, 3.8) is 0 Å². The average molecular weight is 303 g/mol. The Hall–Kier alpha value is -0.900. The molecule has 0 spiro atoms. The predicted octanol–water partition coefficient (Wildman–Crippen LogP) is 0.326. The van der Waals surface area contributed by atoms with Crippen molar-refractivity contribution < 1.29 is 8.42 Å². The highest BCUT2D eigenvalue weighted by atomic mass is 32.2. The molecule has 1 aromatic rings. The molecule has 1 aromatic heterocycles. The van der Waals surface area contributed by atoms with Crippen LogP contribution in [-0.2, 0) is 10.0 Å². The highest BCUT2D eigenvalue weighted by molar-refractivity contribution is 8.00. The number of nitrogens with zero attached hydrogens (tertiary/aromatic N) is 2. The zero-order valence-electron chi connectivity index (χ0n) is 10.6. The minimum Gasteiger partial charge on any atom is -0.292 e. The second-order valence-corrected chi connectivity index (χ2v) is 7.49. The van der Waals surface area contributed by atoms with Gasteiger partial charge in [0.05, 0.1) is 12.4 Å². The number of nitrogens with two attached hydrogens (primary N) is 1. The molecule has 1 heterocycles. The van der Waals surface area contributed by atoms with Gasteiger partial charge in [0.25, 0.3) is 0 Å². The number of thioether (sulfide) groups is 1. The van der Waals surface area contributed by atoms with E-state index in [2.05, 4.69) is 20.1 Å². The Kier molecular flexibility index (Phi) is 4.29. The quantitative estimate of drug-likeness (QED) is 0.513. The molecule has 9 heteroatoms. The fourth-order valence-electron chi connectivity index (χ4n) is 1.86. The Morgan fingerprint density at radius 1 is 1.42 bits per heavy atom. The van der Waals surface area contributed by atoms with E-state index >= 15 is 0 Å². The molecule has 2 rings (SSSR count). The summed E-state index contributed by atoms with van der Waals surface area (Å²) in [6, 6.07) is 0. The lowest BCUT2D eigenvalue weighted by atomic mass is 9.84. The molecule has 0 aliphatic heterocycles. The van der Waals surface area contributed by atoms with Crippen LogP contribution < -0.4 is 16.0 Å². The predicted molar refractivity (Wildman–Crippen MR) is 75.1 cm³/mol. The van der Waals surface area contributed by atoms with Gasteiger partial charge < -0.3 is 0 Å². The molecule has 0 aromatic carbocycles. The Labute approximate surface area is 116 Å². The Morgan fingerprint density at radius 2 is 2.05 bits per heavy atom. The van der Waals surface area contributed by atoms with E-state index in [4.69, 9.17) is 5.84 Å². The van der Waals surface area contributed by atoms with Crippen molar-refractivity contribution in [3.05, 3.63) is 12.4 Å². The smallest absolute Gasteiger partial charge is 0.243 e. The summed E-state index contributed by atoms with van der Waals surface area (Å²) < 4.78 is 26.8. The fraction of sp³-hybridized carbons (Fsp3) is 0.600. The maximum atomic E-state index is 12.1. The molecule has 1 aliphatic carbocycles. The van der Waals surface area contributed by atoms with Crippen LogP contribution >= 0.6 is 11.8 Å². The third-order valence-electron chi connectivity index (χ3n) is 3.35. The first-order valence-corrected chi connectivity index (χ1v) is 8.56. The molecule has 0 radical (unpaired) electrons. The number of anilines is 1. The van der Waals surface area contributed by atoms with Crippen LogP contribution in [0.4, 0.5) is 5.95 Å². The van der Waals surface area contributed by atoms with Gasteiger partial charge in [0, 0.05) is 11.3 Å². The van der Waals surface area contributed by atoms with Gasteiger partial charge in [-0.2, -0.15) is 11.8 Å². The van der Waals surface area contributed by atoms with E-state index in [9.17, 15) is 8.42 Å². The SMILES string of the molecule is CSC1(CNS(=O)(=O)c2cnc(NN)nc2)CCC1. The van der Waals surface area contributed by atoms with Crippen LogP contribution in [0.2, 0.25) is 0 Å². The lowest BCUT2D eigenvalue weighted by molar-refractivity contribution is 0.362. The van der Waals surface area contributed by atoms with E-state index in [0.29, 0.717) is 6.54 Å². The molecule has 0 saturated heterocycles. The van der Waals surface area contributed by atoms with Crippen molar-refractivity contribution in [2.24, 2.45) is 5.84 Å². The molecule has 1 fully saturated rings. The second kappa shape index (κ2) is 5.61. The normalized spacial score (nSPS) is 17.8. The molecular weight excluding hydrogens is 286 g/mol. The summed E-state index contributed by atoms with van der Waals surface area (Å²) in [4.78, 5) is 7.62. The maximum absolute atomic E-state index is 12.1. The third kappa shape index (κ3) is 3.16. The van der Waals surface area contributed by atoms with Crippen LogP contribution in [0.25, 0.3) is 0 Å². The molecule has 4 N–H and O–H groups in total. The number of nitrogen functional groups attached to an aromatic ring is 1. The Bertz CT molecular complexity index is 522. The van der Waals surface area contributed by atoms with Gasteiger partial charge in [0.1, 0.15) is 4.90 Å². The minimum absolute atomic E-state index is 0.0436. The summed E-state index contributed by atoms with van der Waals surface area (Å²) in [5, 5.41) is 0. The van der Waals surface area contributed by atoms with Crippen LogP contribution in [0.5, 0.6) is 0 Å². The molecular formula is C10H17N5O2S2. The second-order valence-electron chi connectivity index (χ2n) is 4.45. The molecule has 0 bridgehead atoms. The van der Waals surface area contributed by atoms with Crippen LogP contribution in [0, 0.1) is 0 Å². The van der Waals surface area contributed by atoms with Crippen LogP contribution in [0.1, 0.15) is 19.3 Å². The van der Waals surface area contributed by atoms with Crippen molar-refractivity contribution in [2.45, 2.75) is 28.9 Å². The fourth-order valence-corrected chi connectivity index (χ4v) is 3.88. The van der Waals surface area contributed by atoms with E-state index in [1.807, 2.05) is 6.26 Å². The van der Waals surface area contributed by atoms with E-state index in [-0.39, 0.29) is 15.6 Å². The lowest BCUT2D eigenvalue weighted by Gasteiger charge is -2.40. The molecule has 7 nitrogen and oxygen atoms in total. The lowest BCUT2D eigenvalue weighted by Crippen LogP contribution is -2.45. The van der Waals surface area contributed by atoms with Crippen molar-refractivity contribution in [1.29, 1.82) is 0 Å². The molecule has 1 saturated carbocycles. The summed E-state index contributed by atoms with van der Waals surface area (Å²) in [6.45, 7) is 0.438. The van der Waals surface area contributed by atoms with E-state index in [0.717, 1.165) is 19.3 Å². The van der Waals surface area contributed by atoms with Crippen LogP contribution in [0.3, 0.4) is 0 Å². The Morgan fingerprint density at radius 3 is 2.47 bits per heavy atom. The van der Waals surface area contributed by atoms with Crippen molar-refractivity contribution in [3.8, 4) is 0 Å². The summed E-state index contributed by atoms with van der Waals surface area (Å²) in [5.41, 5.74) is 2.25. The van der Waals surface area contributed by atoms with Crippen molar-refractivity contribution >= 4 is 27.7 Å². The van der Waals surface area contributed by atoms with E-state index < -0.39 is 10.0 Å². The number of nitrogens with one attached hydrogen (secondary N) is 2. The van der Waals surface area contributed by atoms with Gasteiger partial charge >= 0.3 is 0 Å². The first kappa shape index (κ1) is 14.5. The number of hydrogen-bond acceptors (Lipinski definition) is 7. The minimum atomic E-state index is -3.56. The topological polar surface area (TPSA) is 110 Å². The molecule has 0 amide bonds. The average Bonchev–Trinajstić information content (AvgIpc) is 2.38. The molecule has 0 unspecified atom stereocenters. The third-order valence-corrected chi connectivity index (χ3v) is 6.12. The van der Waals surface area contributed by atoms with Gasteiger partial charge in [0.15, 0.2) is 0 Å². The first-order chi connectivity index (χ1) is 9.01. The van der Waals surface area contributed by atoms with Crippen molar-refractivity contribution in [2.75, 3.05) is 18.2 Å². The van der Waals surface area contributed by atoms with Crippen molar-refractivity contribution in [1.82, 2.24) is 14.7 Å².